The Morgan fingerprint density at radius 2 is 1.66 bits per heavy atom. The lowest BCUT2D eigenvalue weighted by atomic mass is 9.79. The summed E-state index contributed by atoms with van der Waals surface area (Å²) in [6, 6.07) is 18.3. The molecule has 1 heterocycles. The van der Waals surface area contributed by atoms with Crippen molar-refractivity contribution in [1.82, 2.24) is 0 Å². The summed E-state index contributed by atoms with van der Waals surface area (Å²) in [6.45, 7) is 0. The summed E-state index contributed by atoms with van der Waals surface area (Å²) >= 11 is 0. The van der Waals surface area contributed by atoms with Crippen molar-refractivity contribution < 1.29 is 23.8 Å². The largest absolute Gasteiger partial charge is 0.497 e. The molecule has 0 saturated heterocycles. The van der Waals surface area contributed by atoms with Crippen molar-refractivity contribution in [2.75, 3.05) is 12.0 Å². The van der Waals surface area contributed by atoms with Crippen LogP contribution in [0.15, 0.2) is 72.8 Å². The first-order chi connectivity index (χ1) is 14.0. The summed E-state index contributed by atoms with van der Waals surface area (Å²) in [5, 5.41) is 10.1. The summed E-state index contributed by atoms with van der Waals surface area (Å²) in [7, 11) is 1.54. The van der Waals surface area contributed by atoms with Crippen LogP contribution in [0, 0.1) is 5.82 Å². The molecule has 0 aliphatic carbocycles. The van der Waals surface area contributed by atoms with Crippen LogP contribution < -0.4 is 9.64 Å². The van der Waals surface area contributed by atoms with Gasteiger partial charge in [0.15, 0.2) is 0 Å². The molecule has 0 saturated carbocycles. The third kappa shape index (κ3) is 3.23. The molecule has 0 aromatic heterocycles. The summed E-state index contributed by atoms with van der Waals surface area (Å²) < 4.78 is 18.7. The molecule has 0 spiro atoms. The van der Waals surface area contributed by atoms with Gasteiger partial charge in [0.25, 0.3) is 5.91 Å². The average molecular weight is 391 g/mol. The van der Waals surface area contributed by atoms with Crippen LogP contribution in [0.5, 0.6) is 5.75 Å². The number of carboxylic acids is 1. The van der Waals surface area contributed by atoms with Crippen LogP contribution in [0.3, 0.4) is 0 Å². The SMILES string of the molecule is COc1ccc(N2C(=O)c3ccccc3[C@H](C(=O)O)[C@H]2c2ccc(F)cc2)cc1. The molecule has 2 atom stereocenters. The van der Waals surface area contributed by atoms with Gasteiger partial charge in [-0.15, -0.1) is 0 Å². The standard InChI is InChI=1S/C23H18FNO4/c1-29-17-12-10-16(11-13-17)25-21(14-6-8-15(24)9-7-14)20(23(27)28)18-4-2-3-5-19(18)22(25)26/h2-13,20-21H,1H3,(H,27,28)/t20-,21+/m0/s1. The van der Waals surface area contributed by atoms with Crippen molar-refractivity contribution in [2.24, 2.45) is 0 Å². The number of aliphatic carboxylic acids is 1. The lowest BCUT2D eigenvalue weighted by Crippen LogP contribution is -2.45. The molecule has 0 unspecified atom stereocenters. The number of amides is 1. The van der Waals surface area contributed by atoms with Crippen LogP contribution in [-0.4, -0.2) is 24.1 Å². The zero-order chi connectivity index (χ0) is 20.5. The molecule has 29 heavy (non-hydrogen) atoms. The fraction of sp³-hybridized carbons (Fsp3) is 0.130. The van der Waals surface area contributed by atoms with Gasteiger partial charge < -0.3 is 9.84 Å². The number of halogens is 1. The van der Waals surface area contributed by atoms with Gasteiger partial charge >= 0.3 is 5.97 Å². The van der Waals surface area contributed by atoms with Crippen molar-refractivity contribution in [3.05, 3.63) is 95.3 Å². The Morgan fingerprint density at radius 3 is 2.28 bits per heavy atom. The van der Waals surface area contributed by atoms with Gasteiger partial charge in [0, 0.05) is 11.3 Å². The highest BCUT2D eigenvalue weighted by Crippen LogP contribution is 2.45. The second-order valence-electron chi connectivity index (χ2n) is 6.77. The van der Waals surface area contributed by atoms with Crippen LogP contribution in [0.25, 0.3) is 0 Å². The lowest BCUT2D eigenvalue weighted by Gasteiger charge is -2.40. The summed E-state index contributed by atoms with van der Waals surface area (Å²) in [5.74, 6) is -2.18. The van der Waals surface area contributed by atoms with Gasteiger partial charge in [-0.25, -0.2) is 4.39 Å². The Bertz CT molecular complexity index is 1060. The summed E-state index contributed by atoms with van der Waals surface area (Å²) in [4.78, 5) is 27.2. The molecule has 1 N–H and O–H groups in total. The van der Waals surface area contributed by atoms with Crippen molar-refractivity contribution >= 4 is 17.6 Å². The maximum atomic E-state index is 13.5. The predicted octanol–water partition coefficient (Wildman–Crippen LogP) is 4.40. The van der Waals surface area contributed by atoms with E-state index in [1.165, 1.54) is 29.2 Å². The topological polar surface area (TPSA) is 66.8 Å². The maximum Gasteiger partial charge on any atom is 0.313 e. The number of fused-ring (bicyclic) bond motifs is 1. The second-order valence-corrected chi connectivity index (χ2v) is 6.77. The number of anilines is 1. The highest BCUT2D eigenvalue weighted by atomic mass is 19.1. The molecule has 0 bridgehead atoms. The molecule has 1 aliphatic heterocycles. The maximum absolute atomic E-state index is 13.5. The minimum absolute atomic E-state index is 0.308. The number of methoxy groups -OCH3 is 1. The van der Waals surface area contributed by atoms with Crippen molar-refractivity contribution in [3.8, 4) is 5.75 Å². The van der Waals surface area contributed by atoms with E-state index in [1.54, 1.807) is 55.6 Å². The predicted molar refractivity (Wildman–Crippen MR) is 106 cm³/mol. The van der Waals surface area contributed by atoms with Crippen LogP contribution in [0.2, 0.25) is 0 Å². The quantitative estimate of drug-likeness (QED) is 0.716. The second kappa shape index (κ2) is 7.39. The molecule has 4 rings (SSSR count). The third-order valence-electron chi connectivity index (χ3n) is 5.17. The smallest absolute Gasteiger partial charge is 0.313 e. The van der Waals surface area contributed by atoms with E-state index in [1.807, 2.05) is 0 Å². The molecule has 6 heteroatoms. The number of hydrogen-bond acceptors (Lipinski definition) is 3. The Labute approximate surface area is 167 Å². The van der Waals surface area contributed by atoms with E-state index in [4.69, 9.17) is 4.74 Å². The van der Waals surface area contributed by atoms with E-state index in [-0.39, 0.29) is 5.91 Å². The van der Waals surface area contributed by atoms with E-state index in [0.29, 0.717) is 28.1 Å². The first-order valence-corrected chi connectivity index (χ1v) is 9.06. The number of rotatable bonds is 4. The molecular weight excluding hydrogens is 373 g/mol. The molecule has 1 amide bonds. The highest BCUT2D eigenvalue weighted by Gasteiger charge is 2.44. The number of nitrogens with zero attached hydrogens (tertiary/aromatic N) is 1. The van der Waals surface area contributed by atoms with Crippen LogP contribution >= 0.6 is 0 Å². The third-order valence-corrected chi connectivity index (χ3v) is 5.17. The number of carbonyl (C=O) groups excluding carboxylic acids is 1. The van der Waals surface area contributed by atoms with Crippen LogP contribution in [0.4, 0.5) is 10.1 Å². The normalized spacial score (nSPS) is 18.3. The highest BCUT2D eigenvalue weighted by molar-refractivity contribution is 6.11. The van der Waals surface area contributed by atoms with E-state index in [9.17, 15) is 19.1 Å². The van der Waals surface area contributed by atoms with Gasteiger partial charge in [0.2, 0.25) is 0 Å². The fourth-order valence-electron chi connectivity index (χ4n) is 3.83. The van der Waals surface area contributed by atoms with Gasteiger partial charge in [0.1, 0.15) is 17.5 Å². The molecular formula is C23H18FNO4. The first kappa shape index (κ1) is 18.7. The Morgan fingerprint density at radius 1 is 1.00 bits per heavy atom. The monoisotopic (exact) mass is 391 g/mol. The Hall–Kier alpha value is -3.67. The number of carboxylic acid groups (broad SMARTS) is 1. The average Bonchev–Trinajstić information content (AvgIpc) is 2.74. The molecule has 1 aliphatic rings. The van der Waals surface area contributed by atoms with Gasteiger partial charge in [-0.1, -0.05) is 30.3 Å². The van der Waals surface area contributed by atoms with Crippen LogP contribution in [0.1, 0.15) is 33.4 Å². The van der Waals surface area contributed by atoms with E-state index in [0.717, 1.165) is 0 Å². The molecule has 0 fully saturated rings. The summed E-state index contributed by atoms with van der Waals surface area (Å²) in [5.41, 5.74) is 1.86. The van der Waals surface area contributed by atoms with E-state index >= 15 is 0 Å². The number of carbonyl (C=O) groups is 2. The fourth-order valence-corrected chi connectivity index (χ4v) is 3.83. The molecule has 0 radical (unpaired) electrons. The first-order valence-electron chi connectivity index (χ1n) is 9.06. The number of benzene rings is 3. The number of ether oxygens (including phenoxy) is 1. The van der Waals surface area contributed by atoms with Crippen molar-refractivity contribution in [1.29, 1.82) is 0 Å². The van der Waals surface area contributed by atoms with Gasteiger partial charge in [-0.3, -0.25) is 14.5 Å². The zero-order valence-electron chi connectivity index (χ0n) is 15.6. The molecule has 3 aromatic carbocycles. The van der Waals surface area contributed by atoms with Gasteiger partial charge in [-0.05, 0) is 53.6 Å². The Balaban J connectivity index is 1.95. The lowest BCUT2D eigenvalue weighted by molar-refractivity contribution is -0.139. The minimum Gasteiger partial charge on any atom is -0.497 e. The zero-order valence-corrected chi connectivity index (χ0v) is 15.6. The minimum atomic E-state index is -1.06. The van der Waals surface area contributed by atoms with Crippen molar-refractivity contribution in [3.63, 3.8) is 0 Å². The molecule has 146 valence electrons. The molecule has 3 aromatic rings. The van der Waals surface area contributed by atoms with Crippen molar-refractivity contribution in [2.45, 2.75) is 12.0 Å². The van der Waals surface area contributed by atoms with E-state index < -0.39 is 23.7 Å². The van der Waals surface area contributed by atoms with E-state index in [2.05, 4.69) is 0 Å². The Kier molecular flexibility index (Phi) is 4.76. The summed E-state index contributed by atoms with van der Waals surface area (Å²) in [6.07, 6.45) is 0. The van der Waals surface area contributed by atoms with Gasteiger partial charge in [0.05, 0.1) is 13.2 Å². The molecule has 5 nitrogen and oxygen atoms in total. The van der Waals surface area contributed by atoms with Crippen LogP contribution in [-0.2, 0) is 4.79 Å². The number of hydrogen-bond donors (Lipinski definition) is 1. The van der Waals surface area contributed by atoms with Gasteiger partial charge in [-0.2, -0.15) is 0 Å².